The van der Waals surface area contributed by atoms with Gasteiger partial charge in [0.05, 0.1) is 31.9 Å². The van der Waals surface area contributed by atoms with Gasteiger partial charge in [-0.3, -0.25) is 9.59 Å². The standard InChI is InChI=1S/C31H26ClFN2O4/c1-38-23-14-9-20(10-15-23)29-28(30(36)34-26-17-21(32)11-16-27(26)39-2)24-5-3-4-6-25(24)31(37)35(29)18-19-7-12-22(33)13-8-19/h3-17,28-29H,18H2,1-2H3,(H,34,36)/t28-,29+/m1/s1. The van der Waals surface area contributed by atoms with Crippen molar-refractivity contribution in [3.8, 4) is 11.5 Å². The third kappa shape index (κ3) is 5.31. The molecule has 1 aliphatic rings. The van der Waals surface area contributed by atoms with Crippen molar-refractivity contribution in [3.05, 3.63) is 124 Å². The molecule has 4 aromatic rings. The van der Waals surface area contributed by atoms with E-state index in [1.165, 1.54) is 19.2 Å². The monoisotopic (exact) mass is 544 g/mol. The number of carbonyl (C=O) groups is 2. The van der Waals surface area contributed by atoms with Crippen LogP contribution in [-0.4, -0.2) is 30.9 Å². The summed E-state index contributed by atoms with van der Waals surface area (Å²) in [7, 11) is 3.09. The summed E-state index contributed by atoms with van der Waals surface area (Å²) in [4.78, 5) is 29.7. The first-order valence-corrected chi connectivity index (χ1v) is 12.7. The molecule has 0 saturated carbocycles. The topological polar surface area (TPSA) is 67.9 Å². The first kappa shape index (κ1) is 26.3. The molecule has 1 heterocycles. The predicted molar refractivity (Wildman–Crippen MR) is 148 cm³/mol. The zero-order chi connectivity index (χ0) is 27.5. The molecule has 39 heavy (non-hydrogen) atoms. The molecular formula is C31H26ClFN2O4. The Kier molecular flexibility index (Phi) is 7.52. The van der Waals surface area contributed by atoms with Gasteiger partial charge in [0.25, 0.3) is 5.91 Å². The summed E-state index contributed by atoms with van der Waals surface area (Å²) in [5.41, 5.74) is 2.94. The Morgan fingerprint density at radius 3 is 2.36 bits per heavy atom. The number of rotatable bonds is 7. The molecule has 0 aromatic heterocycles. The molecule has 8 heteroatoms. The molecular weight excluding hydrogens is 519 g/mol. The predicted octanol–water partition coefficient (Wildman–Crippen LogP) is 6.62. The number of hydrogen-bond donors (Lipinski definition) is 1. The quantitative estimate of drug-likeness (QED) is 0.284. The summed E-state index contributed by atoms with van der Waals surface area (Å²) in [6, 6.07) is 24.7. The fraction of sp³-hybridized carbons (Fsp3) is 0.161. The van der Waals surface area contributed by atoms with Crippen LogP contribution in [0.1, 0.15) is 39.0 Å². The van der Waals surface area contributed by atoms with Crippen molar-refractivity contribution in [1.29, 1.82) is 0 Å². The fourth-order valence-electron chi connectivity index (χ4n) is 5.00. The molecule has 0 radical (unpaired) electrons. The minimum atomic E-state index is -0.781. The highest BCUT2D eigenvalue weighted by molar-refractivity contribution is 6.31. The van der Waals surface area contributed by atoms with E-state index in [0.29, 0.717) is 33.3 Å². The van der Waals surface area contributed by atoms with Crippen LogP contribution < -0.4 is 14.8 Å². The zero-order valence-electron chi connectivity index (χ0n) is 21.4. The van der Waals surface area contributed by atoms with Crippen LogP contribution in [0, 0.1) is 5.82 Å². The molecule has 0 bridgehead atoms. The van der Waals surface area contributed by atoms with E-state index in [1.54, 1.807) is 72.7 Å². The third-order valence-corrected chi connectivity index (χ3v) is 7.10. The van der Waals surface area contributed by atoms with Gasteiger partial charge in [0.1, 0.15) is 17.3 Å². The third-order valence-electron chi connectivity index (χ3n) is 6.86. The molecule has 0 spiro atoms. The highest BCUT2D eigenvalue weighted by atomic mass is 35.5. The number of nitrogens with one attached hydrogen (secondary N) is 1. The number of carbonyl (C=O) groups excluding carboxylic acids is 2. The number of anilines is 1. The number of amides is 2. The van der Waals surface area contributed by atoms with Crippen molar-refractivity contribution in [2.75, 3.05) is 19.5 Å². The van der Waals surface area contributed by atoms with Crippen LogP contribution in [0.2, 0.25) is 5.02 Å². The van der Waals surface area contributed by atoms with E-state index in [0.717, 1.165) is 11.1 Å². The number of methoxy groups -OCH3 is 2. The van der Waals surface area contributed by atoms with Crippen LogP contribution in [0.15, 0.2) is 91.0 Å². The molecule has 0 aliphatic carbocycles. The van der Waals surface area contributed by atoms with Crippen molar-refractivity contribution in [2.24, 2.45) is 0 Å². The Balaban J connectivity index is 1.64. The average Bonchev–Trinajstić information content (AvgIpc) is 2.95. The smallest absolute Gasteiger partial charge is 0.255 e. The molecule has 0 unspecified atom stereocenters. The molecule has 2 amide bonds. The van der Waals surface area contributed by atoms with E-state index < -0.39 is 12.0 Å². The Hall–Kier alpha value is -4.36. The summed E-state index contributed by atoms with van der Waals surface area (Å²) in [5, 5.41) is 3.42. The van der Waals surface area contributed by atoms with E-state index in [-0.39, 0.29) is 24.2 Å². The minimum Gasteiger partial charge on any atom is -0.497 e. The van der Waals surface area contributed by atoms with E-state index >= 15 is 0 Å². The van der Waals surface area contributed by atoms with Crippen LogP contribution in [0.5, 0.6) is 11.5 Å². The summed E-state index contributed by atoms with van der Waals surface area (Å²) in [6.45, 7) is 0.175. The normalized spacial score (nSPS) is 16.4. The lowest BCUT2D eigenvalue weighted by molar-refractivity contribution is -0.119. The highest BCUT2D eigenvalue weighted by Gasteiger charge is 2.44. The van der Waals surface area contributed by atoms with Gasteiger partial charge in [-0.05, 0) is 65.2 Å². The zero-order valence-corrected chi connectivity index (χ0v) is 22.1. The number of nitrogens with zero attached hydrogens (tertiary/aromatic N) is 1. The Labute approximate surface area is 230 Å². The van der Waals surface area contributed by atoms with Crippen molar-refractivity contribution in [2.45, 2.75) is 18.5 Å². The van der Waals surface area contributed by atoms with Crippen molar-refractivity contribution < 1.29 is 23.5 Å². The van der Waals surface area contributed by atoms with Crippen LogP contribution in [0.3, 0.4) is 0 Å². The highest BCUT2D eigenvalue weighted by Crippen LogP contribution is 2.45. The molecule has 0 fully saturated rings. The molecule has 198 valence electrons. The second-order valence-corrected chi connectivity index (χ2v) is 9.61. The second-order valence-electron chi connectivity index (χ2n) is 9.18. The molecule has 4 aromatic carbocycles. The van der Waals surface area contributed by atoms with Crippen molar-refractivity contribution >= 4 is 29.1 Å². The number of halogens is 2. The maximum Gasteiger partial charge on any atom is 0.255 e. The average molecular weight is 545 g/mol. The van der Waals surface area contributed by atoms with Gasteiger partial charge in [-0.1, -0.05) is 54.1 Å². The molecule has 1 N–H and O–H groups in total. The lowest BCUT2D eigenvalue weighted by Crippen LogP contribution is -2.45. The summed E-state index contributed by atoms with van der Waals surface area (Å²) >= 11 is 6.22. The maximum atomic E-state index is 14.1. The van der Waals surface area contributed by atoms with E-state index in [1.807, 2.05) is 18.2 Å². The fourth-order valence-corrected chi connectivity index (χ4v) is 5.17. The summed E-state index contributed by atoms with van der Waals surface area (Å²) in [6.07, 6.45) is 0. The van der Waals surface area contributed by atoms with Gasteiger partial charge in [-0.2, -0.15) is 0 Å². The molecule has 1 aliphatic heterocycles. The Morgan fingerprint density at radius 2 is 1.67 bits per heavy atom. The van der Waals surface area contributed by atoms with Gasteiger partial charge in [0.15, 0.2) is 0 Å². The lowest BCUT2D eigenvalue weighted by Gasteiger charge is -2.42. The Bertz CT molecular complexity index is 1510. The van der Waals surface area contributed by atoms with Crippen LogP contribution in [0.25, 0.3) is 0 Å². The van der Waals surface area contributed by atoms with Crippen LogP contribution in [-0.2, 0) is 11.3 Å². The number of fused-ring (bicyclic) bond motifs is 1. The van der Waals surface area contributed by atoms with Crippen LogP contribution in [0.4, 0.5) is 10.1 Å². The molecule has 0 saturated heterocycles. The summed E-state index contributed by atoms with van der Waals surface area (Å²) < 4.78 is 24.4. The van der Waals surface area contributed by atoms with E-state index in [2.05, 4.69) is 5.32 Å². The SMILES string of the molecule is COc1ccc([C@H]2[C@H](C(=O)Nc3cc(Cl)ccc3OC)c3ccccc3C(=O)N2Cc2ccc(F)cc2)cc1. The van der Waals surface area contributed by atoms with Gasteiger partial charge in [0, 0.05) is 17.1 Å². The van der Waals surface area contributed by atoms with E-state index in [4.69, 9.17) is 21.1 Å². The Morgan fingerprint density at radius 1 is 0.949 bits per heavy atom. The number of benzene rings is 4. The van der Waals surface area contributed by atoms with Gasteiger partial charge >= 0.3 is 0 Å². The van der Waals surface area contributed by atoms with Gasteiger partial charge in [0.2, 0.25) is 5.91 Å². The van der Waals surface area contributed by atoms with Crippen molar-refractivity contribution in [3.63, 3.8) is 0 Å². The lowest BCUT2D eigenvalue weighted by atomic mass is 9.79. The van der Waals surface area contributed by atoms with Gasteiger partial charge < -0.3 is 19.7 Å². The second kappa shape index (κ2) is 11.2. The van der Waals surface area contributed by atoms with E-state index in [9.17, 15) is 14.0 Å². The number of ether oxygens (including phenoxy) is 2. The van der Waals surface area contributed by atoms with Crippen molar-refractivity contribution in [1.82, 2.24) is 4.90 Å². The first-order valence-electron chi connectivity index (χ1n) is 12.3. The van der Waals surface area contributed by atoms with Gasteiger partial charge in [-0.15, -0.1) is 0 Å². The first-order chi connectivity index (χ1) is 18.9. The largest absolute Gasteiger partial charge is 0.497 e. The van der Waals surface area contributed by atoms with Gasteiger partial charge in [-0.25, -0.2) is 4.39 Å². The number of hydrogen-bond acceptors (Lipinski definition) is 4. The molecule has 2 atom stereocenters. The molecule has 5 rings (SSSR count). The summed E-state index contributed by atoms with van der Waals surface area (Å²) in [5.74, 6) is -0.599. The van der Waals surface area contributed by atoms with Crippen LogP contribution >= 0.6 is 11.6 Å². The minimum absolute atomic E-state index is 0.175. The molecule has 6 nitrogen and oxygen atoms in total. The maximum absolute atomic E-state index is 14.1.